The predicted octanol–water partition coefficient (Wildman–Crippen LogP) is 4.78. The summed E-state index contributed by atoms with van der Waals surface area (Å²) < 4.78 is 5.92. The predicted molar refractivity (Wildman–Crippen MR) is 118 cm³/mol. The lowest BCUT2D eigenvalue weighted by atomic mass is 9.84. The van der Waals surface area contributed by atoms with E-state index in [-0.39, 0.29) is 5.92 Å². The van der Waals surface area contributed by atoms with Gasteiger partial charge in [0.15, 0.2) is 5.78 Å². The van der Waals surface area contributed by atoms with Crippen LogP contribution in [0.2, 0.25) is 0 Å². The van der Waals surface area contributed by atoms with Crippen LogP contribution in [0.4, 0.5) is 0 Å². The molecule has 0 N–H and O–H groups in total. The largest absolute Gasteiger partial charge is 0.494 e. The summed E-state index contributed by atoms with van der Waals surface area (Å²) in [6, 6.07) is 8.66. The van der Waals surface area contributed by atoms with E-state index in [1.807, 2.05) is 24.3 Å². The van der Waals surface area contributed by atoms with E-state index in [4.69, 9.17) is 4.74 Å². The van der Waals surface area contributed by atoms with Crippen LogP contribution in [0.15, 0.2) is 24.3 Å². The molecule has 0 spiro atoms. The van der Waals surface area contributed by atoms with Crippen molar-refractivity contribution in [3.63, 3.8) is 0 Å². The molecule has 0 bridgehead atoms. The van der Waals surface area contributed by atoms with Crippen molar-refractivity contribution in [1.29, 1.82) is 0 Å². The van der Waals surface area contributed by atoms with Gasteiger partial charge in [0.25, 0.3) is 0 Å². The second-order valence-electron chi connectivity index (χ2n) is 9.27. The van der Waals surface area contributed by atoms with Crippen LogP contribution in [-0.2, 0) is 0 Å². The van der Waals surface area contributed by atoms with Crippen LogP contribution in [0, 0.1) is 5.92 Å². The van der Waals surface area contributed by atoms with Gasteiger partial charge < -0.3 is 9.64 Å². The molecular formula is C25H38N2O2. The van der Waals surface area contributed by atoms with Crippen molar-refractivity contribution in [2.45, 2.75) is 70.3 Å². The first-order valence-electron chi connectivity index (χ1n) is 12.0. The average molecular weight is 399 g/mol. The topological polar surface area (TPSA) is 32.8 Å². The highest BCUT2D eigenvalue weighted by Gasteiger charge is 2.28. The van der Waals surface area contributed by atoms with Crippen LogP contribution < -0.4 is 4.74 Å². The number of Topliss-reactive ketones (excluding diaryl/α,β-unsaturated/α-hetero) is 1. The minimum atomic E-state index is 0.242. The standard InChI is InChI=1S/C25H38N2O2/c28-25(21-8-2-1-3-9-21)22-11-13-24(14-12-22)29-19-7-6-15-26-17-18-27-16-5-4-10-23(27)20-26/h11-14,21,23H,1-10,15-20H2. The van der Waals surface area contributed by atoms with Gasteiger partial charge in [-0.3, -0.25) is 9.69 Å². The molecule has 1 saturated carbocycles. The van der Waals surface area contributed by atoms with Crippen molar-refractivity contribution in [2.24, 2.45) is 5.92 Å². The lowest BCUT2D eigenvalue weighted by Gasteiger charge is -2.44. The van der Waals surface area contributed by atoms with Gasteiger partial charge >= 0.3 is 0 Å². The highest BCUT2D eigenvalue weighted by molar-refractivity contribution is 5.97. The van der Waals surface area contributed by atoms with Crippen LogP contribution in [0.1, 0.15) is 74.6 Å². The molecular weight excluding hydrogens is 360 g/mol. The Morgan fingerprint density at radius 2 is 1.69 bits per heavy atom. The average Bonchev–Trinajstić information content (AvgIpc) is 2.79. The van der Waals surface area contributed by atoms with E-state index in [1.54, 1.807) is 0 Å². The van der Waals surface area contributed by atoms with Crippen LogP contribution in [0.25, 0.3) is 0 Å². The number of piperazine rings is 1. The fourth-order valence-corrected chi connectivity index (χ4v) is 5.37. The third-order valence-electron chi connectivity index (χ3n) is 7.17. The molecule has 1 atom stereocenters. The number of rotatable bonds is 8. The number of unbranched alkanes of at least 4 members (excludes halogenated alkanes) is 1. The first kappa shape index (κ1) is 20.9. The summed E-state index contributed by atoms with van der Waals surface area (Å²) >= 11 is 0. The lowest BCUT2D eigenvalue weighted by molar-refractivity contribution is 0.0482. The highest BCUT2D eigenvalue weighted by Crippen LogP contribution is 2.27. The van der Waals surface area contributed by atoms with Crippen LogP contribution >= 0.6 is 0 Å². The summed E-state index contributed by atoms with van der Waals surface area (Å²) in [5.41, 5.74) is 0.853. The molecule has 2 aliphatic heterocycles. The zero-order chi connectivity index (χ0) is 19.9. The molecule has 1 aromatic rings. The minimum Gasteiger partial charge on any atom is -0.494 e. The van der Waals surface area contributed by atoms with Gasteiger partial charge in [-0.05, 0) is 75.9 Å². The second kappa shape index (κ2) is 10.6. The van der Waals surface area contributed by atoms with Gasteiger partial charge in [-0.2, -0.15) is 0 Å². The summed E-state index contributed by atoms with van der Waals surface area (Å²) in [6.07, 6.45) is 12.3. The van der Waals surface area contributed by atoms with E-state index in [0.717, 1.165) is 43.2 Å². The van der Waals surface area contributed by atoms with Crippen molar-refractivity contribution < 1.29 is 9.53 Å². The first-order chi connectivity index (χ1) is 14.3. The number of hydrogen-bond acceptors (Lipinski definition) is 4. The van der Waals surface area contributed by atoms with Crippen molar-refractivity contribution in [1.82, 2.24) is 9.80 Å². The van der Waals surface area contributed by atoms with Gasteiger partial charge in [-0.1, -0.05) is 25.7 Å². The Morgan fingerprint density at radius 1 is 0.897 bits per heavy atom. The summed E-state index contributed by atoms with van der Waals surface area (Å²) in [6.45, 7) is 7.03. The number of piperidine rings is 1. The molecule has 0 aromatic heterocycles. The van der Waals surface area contributed by atoms with E-state index in [0.29, 0.717) is 5.78 Å². The lowest BCUT2D eigenvalue weighted by Crippen LogP contribution is -2.54. The van der Waals surface area contributed by atoms with Gasteiger partial charge in [0.05, 0.1) is 6.61 Å². The molecule has 1 unspecified atom stereocenters. The molecule has 3 aliphatic rings. The molecule has 4 rings (SSSR count). The minimum absolute atomic E-state index is 0.242. The maximum absolute atomic E-state index is 12.6. The number of benzene rings is 1. The Balaban J connectivity index is 1.12. The molecule has 2 saturated heterocycles. The SMILES string of the molecule is O=C(c1ccc(OCCCCN2CCN3CCCCC3C2)cc1)C1CCCCC1. The molecule has 4 nitrogen and oxygen atoms in total. The monoisotopic (exact) mass is 398 g/mol. The molecule has 2 heterocycles. The number of nitrogens with zero attached hydrogens (tertiary/aromatic N) is 2. The van der Waals surface area contributed by atoms with Gasteiger partial charge in [-0.25, -0.2) is 0 Å². The van der Waals surface area contributed by atoms with E-state index in [9.17, 15) is 4.79 Å². The first-order valence-corrected chi connectivity index (χ1v) is 12.0. The highest BCUT2D eigenvalue weighted by atomic mass is 16.5. The number of ketones is 1. The Morgan fingerprint density at radius 3 is 2.52 bits per heavy atom. The summed E-state index contributed by atoms with van der Waals surface area (Å²) in [5, 5.41) is 0. The zero-order valence-electron chi connectivity index (χ0n) is 18.0. The van der Waals surface area contributed by atoms with Gasteiger partial charge in [0.1, 0.15) is 5.75 Å². The number of carbonyl (C=O) groups is 1. The van der Waals surface area contributed by atoms with Gasteiger partial charge in [0.2, 0.25) is 0 Å². The van der Waals surface area contributed by atoms with Crippen molar-refractivity contribution in [3.8, 4) is 5.75 Å². The van der Waals surface area contributed by atoms with E-state index < -0.39 is 0 Å². The van der Waals surface area contributed by atoms with Crippen molar-refractivity contribution in [2.75, 3.05) is 39.3 Å². The van der Waals surface area contributed by atoms with E-state index in [2.05, 4.69) is 9.80 Å². The molecule has 1 aliphatic carbocycles. The van der Waals surface area contributed by atoms with Crippen molar-refractivity contribution >= 4 is 5.78 Å². The maximum atomic E-state index is 12.6. The molecule has 0 radical (unpaired) electrons. The summed E-state index contributed by atoms with van der Waals surface area (Å²) in [5.74, 6) is 1.46. The van der Waals surface area contributed by atoms with Crippen LogP contribution in [0.3, 0.4) is 0 Å². The third-order valence-corrected chi connectivity index (χ3v) is 7.17. The second-order valence-corrected chi connectivity index (χ2v) is 9.27. The molecule has 0 amide bonds. The molecule has 1 aromatic carbocycles. The molecule has 29 heavy (non-hydrogen) atoms. The zero-order valence-corrected chi connectivity index (χ0v) is 18.0. The molecule has 160 valence electrons. The Hall–Kier alpha value is -1.39. The summed E-state index contributed by atoms with van der Waals surface area (Å²) in [4.78, 5) is 18.0. The number of fused-ring (bicyclic) bond motifs is 1. The number of ether oxygens (including phenoxy) is 1. The Labute approximate surface area is 176 Å². The number of hydrogen-bond donors (Lipinski definition) is 0. The van der Waals surface area contributed by atoms with Gasteiger partial charge in [-0.15, -0.1) is 0 Å². The molecule has 4 heteroatoms. The molecule has 3 fully saturated rings. The third kappa shape index (κ3) is 5.82. The summed E-state index contributed by atoms with van der Waals surface area (Å²) in [7, 11) is 0. The Kier molecular flexibility index (Phi) is 7.61. The number of carbonyl (C=O) groups excluding carboxylic acids is 1. The quantitative estimate of drug-likeness (QED) is 0.466. The fourth-order valence-electron chi connectivity index (χ4n) is 5.37. The van der Waals surface area contributed by atoms with Gasteiger partial charge in [0, 0.05) is 37.2 Å². The van der Waals surface area contributed by atoms with Crippen LogP contribution in [0.5, 0.6) is 5.75 Å². The van der Waals surface area contributed by atoms with E-state index >= 15 is 0 Å². The maximum Gasteiger partial charge on any atom is 0.165 e. The van der Waals surface area contributed by atoms with Crippen molar-refractivity contribution in [3.05, 3.63) is 29.8 Å². The normalized spacial score (nSPS) is 24.2. The Bertz CT molecular complexity index is 639. The van der Waals surface area contributed by atoms with Crippen LogP contribution in [-0.4, -0.2) is 61.0 Å². The smallest absolute Gasteiger partial charge is 0.165 e. The van der Waals surface area contributed by atoms with E-state index in [1.165, 1.54) is 77.7 Å². The fraction of sp³-hybridized carbons (Fsp3) is 0.720.